The summed E-state index contributed by atoms with van der Waals surface area (Å²) in [5.74, 6) is 0.578. The first kappa shape index (κ1) is 14.5. The number of para-hydroxylation sites is 1. The molecular weight excluding hydrogens is 278 g/mol. The highest BCUT2D eigenvalue weighted by molar-refractivity contribution is 6.10. The first-order valence-corrected chi connectivity index (χ1v) is 7.15. The highest BCUT2D eigenvalue weighted by Crippen LogP contribution is 2.21. The number of nitrogens with zero attached hydrogens (tertiary/aromatic N) is 4. The van der Waals surface area contributed by atoms with Gasteiger partial charge in [-0.15, -0.1) is 0 Å². The Morgan fingerprint density at radius 3 is 2.73 bits per heavy atom. The summed E-state index contributed by atoms with van der Waals surface area (Å²) in [6, 6.07) is 9.38. The highest BCUT2D eigenvalue weighted by atomic mass is 16.2. The predicted molar refractivity (Wildman–Crippen MR) is 86.9 cm³/mol. The zero-order chi connectivity index (χ0) is 15.7. The molecule has 1 N–H and O–H groups in total. The van der Waals surface area contributed by atoms with E-state index >= 15 is 0 Å². The van der Waals surface area contributed by atoms with Gasteiger partial charge in [0, 0.05) is 39.0 Å². The van der Waals surface area contributed by atoms with E-state index in [1.54, 1.807) is 6.20 Å². The molecule has 113 valence electrons. The fourth-order valence-corrected chi connectivity index (χ4v) is 2.52. The number of benzene rings is 1. The highest BCUT2D eigenvalue weighted by Gasteiger charge is 2.41. The van der Waals surface area contributed by atoms with E-state index in [0.29, 0.717) is 5.70 Å². The van der Waals surface area contributed by atoms with E-state index in [-0.39, 0.29) is 12.1 Å². The number of anilines is 1. The molecule has 1 unspecified atom stereocenters. The van der Waals surface area contributed by atoms with Crippen LogP contribution < -0.4 is 10.2 Å². The number of hydrogen-bond donors (Lipinski definition) is 1. The molecule has 0 fully saturated rings. The maximum Gasteiger partial charge on any atom is 0.285 e. The molecule has 0 spiro atoms. The first-order chi connectivity index (χ1) is 10.6. The Morgan fingerprint density at radius 2 is 2.05 bits per heavy atom. The van der Waals surface area contributed by atoms with E-state index in [1.165, 1.54) is 0 Å². The standard InChI is InChI=1S/C16H19N5O/c1-12-20-11-14(16(22)17-13-7-5-4-6-8-13)18-15(20)9-10-21(12)19(2)3/h4-12H,1-3H3,(H,17,22)/q+1. The van der Waals surface area contributed by atoms with Crippen molar-refractivity contribution in [1.82, 2.24) is 14.9 Å². The van der Waals surface area contributed by atoms with Crippen molar-refractivity contribution < 1.29 is 4.79 Å². The lowest BCUT2D eigenvalue weighted by Gasteiger charge is -2.33. The van der Waals surface area contributed by atoms with Crippen molar-refractivity contribution in [2.24, 2.45) is 4.99 Å². The lowest BCUT2D eigenvalue weighted by atomic mass is 10.3. The Kier molecular flexibility index (Phi) is 3.79. The van der Waals surface area contributed by atoms with E-state index in [4.69, 9.17) is 0 Å². The second kappa shape index (κ2) is 5.75. The minimum atomic E-state index is -0.204. The van der Waals surface area contributed by atoms with Gasteiger partial charge in [-0.05, 0) is 12.1 Å². The molecule has 0 aliphatic carbocycles. The Morgan fingerprint density at radius 1 is 1.32 bits per heavy atom. The number of nitrogens with one attached hydrogen (secondary N) is 1. The van der Waals surface area contributed by atoms with Gasteiger partial charge in [-0.25, -0.2) is 5.01 Å². The van der Waals surface area contributed by atoms with Crippen molar-refractivity contribution in [2.75, 3.05) is 19.4 Å². The second-order valence-electron chi connectivity index (χ2n) is 5.39. The molecule has 1 amide bonds. The van der Waals surface area contributed by atoms with Crippen molar-refractivity contribution in [3.63, 3.8) is 0 Å². The van der Waals surface area contributed by atoms with Crippen molar-refractivity contribution in [3.8, 4) is 0 Å². The van der Waals surface area contributed by atoms with Crippen LogP contribution in [0.3, 0.4) is 0 Å². The summed E-state index contributed by atoms with van der Waals surface area (Å²) >= 11 is 0. The molecule has 1 aromatic rings. The van der Waals surface area contributed by atoms with Crippen LogP contribution in [0.25, 0.3) is 0 Å². The number of hydrazine groups is 1. The SMILES string of the molecule is CC1N(N(C)C)C=CC2=NC(C(=O)Nc3ccccc3)=C[N+]21. The molecule has 0 aromatic heterocycles. The van der Waals surface area contributed by atoms with Crippen LogP contribution in [0.4, 0.5) is 5.69 Å². The van der Waals surface area contributed by atoms with Gasteiger partial charge in [0.15, 0.2) is 11.9 Å². The molecule has 0 saturated heterocycles. The quantitative estimate of drug-likeness (QED) is 0.864. The second-order valence-corrected chi connectivity index (χ2v) is 5.39. The van der Waals surface area contributed by atoms with Gasteiger partial charge in [0.05, 0.1) is 0 Å². The van der Waals surface area contributed by atoms with Crippen LogP contribution in [0.2, 0.25) is 0 Å². The van der Waals surface area contributed by atoms with E-state index in [9.17, 15) is 4.79 Å². The van der Waals surface area contributed by atoms with Crippen LogP contribution in [0.15, 0.2) is 59.5 Å². The summed E-state index contributed by atoms with van der Waals surface area (Å²) in [5, 5.41) is 6.91. The Labute approximate surface area is 130 Å². The molecule has 1 aromatic carbocycles. The third-order valence-corrected chi connectivity index (χ3v) is 3.65. The average molecular weight is 297 g/mol. The fraction of sp³-hybridized carbons (Fsp3) is 0.250. The topological polar surface area (TPSA) is 53.8 Å². The monoisotopic (exact) mass is 297 g/mol. The lowest BCUT2D eigenvalue weighted by Crippen LogP contribution is -2.54. The third-order valence-electron chi connectivity index (χ3n) is 3.65. The van der Waals surface area contributed by atoms with Crippen LogP contribution >= 0.6 is 0 Å². The van der Waals surface area contributed by atoms with E-state index < -0.39 is 0 Å². The lowest BCUT2D eigenvalue weighted by molar-refractivity contribution is -0.112. The summed E-state index contributed by atoms with van der Waals surface area (Å²) in [6.45, 7) is 2.06. The van der Waals surface area contributed by atoms with Gasteiger partial charge < -0.3 is 5.32 Å². The summed E-state index contributed by atoms with van der Waals surface area (Å²) in [5.41, 5.74) is 1.17. The van der Waals surface area contributed by atoms with Gasteiger partial charge >= 0.3 is 0 Å². The van der Waals surface area contributed by atoms with Crippen molar-refractivity contribution >= 4 is 17.4 Å². The molecular formula is C16H19N5O+. The van der Waals surface area contributed by atoms with Gasteiger partial charge in [-0.3, -0.25) is 9.80 Å². The molecule has 2 aliphatic rings. The van der Waals surface area contributed by atoms with Gasteiger partial charge in [-0.1, -0.05) is 23.1 Å². The molecule has 0 bridgehead atoms. The van der Waals surface area contributed by atoms with Crippen LogP contribution in [0, 0.1) is 0 Å². The van der Waals surface area contributed by atoms with Crippen LogP contribution in [0.5, 0.6) is 0 Å². The smallest absolute Gasteiger partial charge is 0.285 e. The Balaban J connectivity index is 1.77. The molecule has 1 radical (unpaired) electrons. The average Bonchev–Trinajstić information content (AvgIpc) is 2.93. The molecule has 0 saturated carbocycles. The maximum atomic E-state index is 12.3. The van der Waals surface area contributed by atoms with Crippen molar-refractivity contribution in [2.45, 2.75) is 13.1 Å². The number of aliphatic imine (C=N–C) groups is 1. The van der Waals surface area contributed by atoms with E-state index in [0.717, 1.165) is 11.5 Å². The third kappa shape index (κ3) is 2.66. The van der Waals surface area contributed by atoms with E-state index in [1.807, 2.05) is 66.6 Å². The number of fused-ring (bicyclic) bond motifs is 1. The number of carbonyl (C=O) groups excluding carboxylic acids is 1. The minimum Gasteiger partial charge on any atom is -0.320 e. The number of carbonyl (C=O) groups is 1. The maximum absolute atomic E-state index is 12.3. The Hall–Kier alpha value is -2.44. The molecule has 2 aliphatic heterocycles. The van der Waals surface area contributed by atoms with Crippen LogP contribution in [0.1, 0.15) is 6.92 Å². The summed E-state index contributed by atoms with van der Waals surface area (Å²) in [7, 11) is 3.96. The van der Waals surface area contributed by atoms with Gasteiger partial charge in [-0.2, -0.15) is 4.99 Å². The van der Waals surface area contributed by atoms with Crippen LogP contribution in [-0.4, -0.2) is 42.0 Å². The largest absolute Gasteiger partial charge is 0.320 e. The first-order valence-electron chi connectivity index (χ1n) is 7.15. The number of amides is 1. The van der Waals surface area contributed by atoms with Crippen molar-refractivity contribution in [3.05, 3.63) is 54.5 Å². The zero-order valence-electron chi connectivity index (χ0n) is 12.9. The number of hydrogen-bond acceptors (Lipinski definition) is 5. The van der Waals surface area contributed by atoms with Crippen molar-refractivity contribution in [1.29, 1.82) is 0 Å². The zero-order valence-corrected chi connectivity index (χ0v) is 12.9. The molecule has 6 nitrogen and oxygen atoms in total. The molecule has 22 heavy (non-hydrogen) atoms. The number of amidine groups is 1. The van der Waals surface area contributed by atoms with Crippen LogP contribution in [-0.2, 0) is 4.79 Å². The molecule has 2 heterocycles. The van der Waals surface area contributed by atoms with Gasteiger partial charge in [0.2, 0.25) is 6.17 Å². The molecule has 1 atom stereocenters. The summed E-state index contributed by atoms with van der Waals surface area (Å²) < 4.78 is 0. The molecule has 6 heteroatoms. The summed E-state index contributed by atoms with van der Waals surface area (Å²) in [6.07, 6.45) is 5.73. The summed E-state index contributed by atoms with van der Waals surface area (Å²) in [4.78, 5) is 18.7. The number of rotatable bonds is 3. The normalized spacial score (nSPS) is 20.7. The van der Waals surface area contributed by atoms with E-state index in [2.05, 4.69) is 22.2 Å². The predicted octanol–water partition coefficient (Wildman–Crippen LogP) is 1.67. The van der Waals surface area contributed by atoms with Gasteiger partial charge in [0.1, 0.15) is 0 Å². The minimum absolute atomic E-state index is 0.0702. The van der Waals surface area contributed by atoms with Gasteiger partial charge in [0.25, 0.3) is 11.7 Å². The fourth-order valence-electron chi connectivity index (χ4n) is 2.52. The molecule has 3 rings (SSSR count). The Bertz CT molecular complexity index is 662.